The van der Waals surface area contributed by atoms with Crippen LogP contribution in [0.3, 0.4) is 0 Å². The molecular formula is C18H29F3N2OSi. The SMILES string of the molecule is CC(C)[Si](C)(C)OC1CCN(Cc2ccc(N)cc2C(F)(F)F)CC1. The highest BCUT2D eigenvalue weighted by Crippen LogP contribution is 2.34. The summed E-state index contributed by atoms with van der Waals surface area (Å²) < 4.78 is 46.0. The molecule has 2 rings (SSSR count). The maximum atomic E-state index is 13.2. The van der Waals surface area contributed by atoms with Crippen molar-refractivity contribution in [3.8, 4) is 0 Å². The van der Waals surface area contributed by atoms with Gasteiger partial charge in [0.25, 0.3) is 0 Å². The fourth-order valence-corrected chi connectivity index (χ4v) is 4.35. The lowest BCUT2D eigenvalue weighted by Crippen LogP contribution is -2.44. The molecule has 0 spiro atoms. The molecule has 1 fully saturated rings. The van der Waals surface area contributed by atoms with Crippen molar-refractivity contribution in [3.05, 3.63) is 29.3 Å². The number of anilines is 1. The number of hydrogen-bond acceptors (Lipinski definition) is 3. The summed E-state index contributed by atoms with van der Waals surface area (Å²) in [6.07, 6.45) is -2.40. The molecule has 7 heteroatoms. The Morgan fingerprint density at radius 2 is 1.84 bits per heavy atom. The van der Waals surface area contributed by atoms with Gasteiger partial charge in [0.05, 0.1) is 5.56 Å². The summed E-state index contributed by atoms with van der Waals surface area (Å²) in [5, 5.41) is 0. The number of nitrogens with two attached hydrogens (primary N) is 1. The Bertz CT molecular complexity index is 582. The number of likely N-dealkylation sites (tertiary alicyclic amines) is 1. The van der Waals surface area contributed by atoms with Gasteiger partial charge in [0.15, 0.2) is 8.32 Å². The zero-order valence-corrected chi connectivity index (χ0v) is 16.5. The molecule has 1 aliphatic rings. The third kappa shape index (κ3) is 5.46. The second kappa shape index (κ2) is 7.68. The molecule has 0 radical (unpaired) electrons. The van der Waals surface area contributed by atoms with E-state index < -0.39 is 20.1 Å². The average molecular weight is 375 g/mol. The quantitative estimate of drug-likeness (QED) is 0.589. The van der Waals surface area contributed by atoms with E-state index in [0.717, 1.165) is 32.0 Å². The summed E-state index contributed by atoms with van der Waals surface area (Å²) in [5.41, 5.74) is 5.89. The predicted molar refractivity (Wildman–Crippen MR) is 97.8 cm³/mol. The van der Waals surface area contributed by atoms with E-state index in [4.69, 9.17) is 10.2 Å². The van der Waals surface area contributed by atoms with Crippen molar-refractivity contribution in [3.63, 3.8) is 0 Å². The second-order valence-corrected chi connectivity index (χ2v) is 12.4. The first-order valence-electron chi connectivity index (χ1n) is 8.85. The van der Waals surface area contributed by atoms with Crippen molar-refractivity contribution < 1.29 is 17.6 Å². The van der Waals surface area contributed by atoms with Crippen LogP contribution in [0.2, 0.25) is 18.6 Å². The normalized spacial score (nSPS) is 18.1. The van der Waals surface area contributed by atoms with Crippen LogP contribution in [0, 0.1) is 0 Å². The molecule has 0 bridgehead atoms. The van der Waals surface area contributed by atoms with Crippen LogP contribution in [0.5, 0.6) is 0 Å². The zero-order valence-electron chi connectivity index (χ0n) is 15.5. The number of rotatable bonds is 5. The molecule has 0 unspecified atom stereocenters. The highest BCUT2D eigenvalue weighted by atomic mass is 28.4. The third-order valence-electron chi connectivity index (χ3n) is 5.23. The van der Waals surface area contributed by atoms with Gasteiger partial charge in [-0.15, -0.1) is 0 Å². The molecular weight excluding hydrogens is 345 g/mol. The van der Waals surface area contributed by atoms with E-state index in [1.165, 1.54) is 12.1 Å². The molecule has 2 N–H and O–H groups in total. The van der Waals surface area contributed by atoms with Crippen LogP contribution < -0.4 is 5.73 Å². The van der Waals surface area contributed by atoms with E-state index in [0.29, 0.717) is 12.1 Å². The number of nitrogen functional groups attached to an aromatic ring is 1. The molecule has 0 atom stereocenters. The van der Waals surface area contributed by atoms with Crippen molar-refractivity contribution in [2.45, 2.75) is 64.1 Å². The number of alkyl halides is 3. The van der Waals surface area contributed by atoms with Crippen LogP contribution >= 0.6 is 0 Å². The minimum Gasteiger partial charge on any atom is -0.414 e. The standard InChI is InChI=1S/C18H29F3N2OSi/c1-13(2)25(3,4)24-16-7-9-23(10-8-16)12-14-5-6-15(22)11-17(14)18(19,20)21/h5-6,11,13,16H,7-10,12,22H2,1-4H3. The van der Waals surface area contributed by atoms with E-state index in [-0.39, 0.29) is 17.4 Å². The Kier molecular flexibility index (Phi) is 6.22. The summed E-state index contributed by atoms with van der Waals surface area (Å²) in [6.45, 7) is 10.7. The van der Waals surface area contributed by atoms with Crippen LogP contribution in [0.15, 0.2) is 18.2 Å². The lowest BCUT2D eigenvalue weighted by Gasteiger charge is -2.38. The summed E-state index contributed by atoms with van der Waals surface area (Å²) in [4.78, 5) is 2.07. The van der Waals surface area contributed by atoms with Crippen molar-refractivity contribution in [1.82, 2.24) is 4.90 Å². The number of piperidine rings is 1. The maximum Gasteiger partial charge on any atom is 0.416 e. The average Bonchev–Trinajstić information content (AvgIpc) is 2.49. The Labute approximate surface area is 149 Å². The van der Waals surface area contributed by atoms with E-state index >= 15 is 0 Å². The van der Waals surface area contributed by atoms with Crippen LogP contribution in [-0.4, -0.2) is 32.4 Å². The summed E-state index contributed by atoms with van der Waals surface area (Å²) in [6, 6.07) is 4.06. The fourth-order valence-electron chi connectivity index (χ4n) is 2.99. The van der Waals surface area contributed by atoms with Gasteiger partial charge in [-0.25, -0.2) is 0 Å². The molecule has 3 nitrogen and oxygen atoms in total. The van der Waals surface area contributed by atoms with E-state index in [2.05, 4.69) is 31.8 Å². The number of hydrogen-bond donors (Lipinski definition) is 1. The van der Waals surface area contributed by atoms with E-state index in [1.807, 2.05) is 0 Å². The molecule has 1 saturated heterocycles. The molecule has 0 amide bonds. The maximum absolute atomic E-state index is 13.2. The summed E-state index contributed by atoms with van der Waals surface area (Å²) >= 11 is 0. The number of nitrogens with zero attached hydrogens (tertiary/aromatic N) is 1. The molecule has 0 aromatic heterocycles. The summed E-state index contributed by atoms with van der Waals surface area (Å²) in [7, 11) is -1.69. The van der Waals surface area contributed by atoms with Gasteiger partial charge in [0, 0.05) is 31.4 Å². The minimum atomic E-state index is -4.38. The lowest BCUT2D eigenvalue weighted by atomic mass is 10.0. The van der Waals surface area contributed by atoms with E-state index in [9.17, 15) is 13.2 Å². The largest absolute Gasteiger partial charge is 0.416 e. The number of halogens is 3. The smallest absolute Gasteiger partial charge is 0.414 e. The molecule has 25 heavy (non-hydrogen) atoms. The molecule has 1 aromatic carbocycles. The van der Waals surface area contributed by atoms with Gasteiger partial charge in [-0.05, 0) is 49.2 Å². The molecule has 1 heterocycles. The van der Waals surface area contributed by atoms with Crippen molar-refractivity contribution >= 4 is 14.0 Å². The van der Waals surface area contributed by atoms with Gasteiger partial charge in [-0.3, -0.25) is 4.90 Å². The molecule has 0 saturated carbocycles. The Hall–Kier alpha value is -1.05. The monoisotopic (exact) mass is 374 g/mol. The topological polar surface area (TPSA) is 38.5 Å². The zero-order chi connectivity index (χ0) is 18.8. The van der Waals surface area contributed by atoms with Gasteiger partial charge < -0.3 is 10.2 Å². The highest BCUT2D eigenvalue weighted by molar-refractivity contribution is 6.72. The van der Waals surface area contributed by atoms with Gasteiger partial charge in [-0.2, -0.15) is 13.2 Å². The number of benzene rings is 1. The minimum absolute atomic E-state index is 0.143. The van der Waals surface area contributed by atoms with E-state index in [1.54, 1.807) is 0 Å². The van der Waals surface area contributed by atoms with Crippen LogP contribution in [-0.2, 0) is 17.1 Å². The molecule has 1 aliphatic heterocycles. The van der Waals surface area contributed by atoms with Crippen LogP contribution in [0.25, 0.3) is 0 Å². The first-order chi connectivity index (χ1) is 11.5. The van der Waals surface area contributed by atoms with Crippen LogP contribution in [0.4, 0.5) is 18.9 Å². The van der Waals surface area contributed by atoms with Gasteiger partial charge >= 0.3 is 6.18 Å². The Morgan fingerprint density at radius 3 is 2.36 bits per heavy atom. The van der Waals surface area contributed by atoms with Crippen LogP contribution in [0.1, 0.15) is 37.8 Å². The Balaban J connectivity index is 1.97. The first kappa shape index (κ1) is 20.3. The molecule has 0 aliphatic carbocycles. The third-order valence-corrected chi connectivity index (χ3v) is 8.95. The second-order valence-electron chi connectivity index (χ2n) is 7.77. The van der Waals surface area contributed by atoms with Crippen molar-refractivity contribution in [2.75, 3.05) is 18.8 Å². The predicted octanol–water partition coefficient (Wildman–Crippen LogP) is 4.88. The summed E-state index contributed by atoms with van der Waals surface area (Å²) in [5.74, 6) is 0. The van der Waals surface area contributed by atoms with Gasteiger partial charge in [0.1, 0.15) is 0 Å². The first-order valence-corrected chi connectivity index (χ1v) is 11.8. The van der Waals surface area contributed by atoms with Gasteiger partial charge in [-0.1, -0.05) is 19.9 Å². The van der Waals surface area contributed by atoms with Crippen molar-refractivity contribution in [1.29, 1.82) is 0 Å². The lowest BCUT2D eigenvalue weighted by molar-refractivity contribution is -0.138. The molecule has 142 valence electrons. The fraction of sp³-hybridized carbons (Fsp3) is 0.667. The highest BCUT2D eigenvalue weighted by Gasteiger charge is 2.35. The Morgan fingerprint density at radius 1 is 1.24 bits per heavy atom. The molecule has 1 aromatic rings. The van der Waals surface area contributed by atoms with Crippen molar-refractivity contribution in [2.24, 2.45) is 0 Å². The van der Waals surface area contributed by atoms with Gasteiger partial charge in [0.2, 0.25) is 0 Å².